The van der Waals surface area contributed by atoms with Gasteiger partial charge in [-0.1, -0.05) is 185 Å². The smallest absolute Gasteiger partial charge is 0.125 e. The van der Waals surface area contributed by atoms with E-state index >= 15 is 0 Å². The molecule has 0 aliphatic heterocycles. The topological polar surface area (TPSA) is 0 Å². The van der Waals surface area contributed by atoms with Crippen molar-refractivity contribution in [3.8, 4) is 34.9 Å². The first-order valence-electron chi connectivity index (χ1n) is 27.1. The quantitative estimate of drug-likeness (QED) is 0.0947. The second kappa shape index (κ2) is 28.3. The molecule has 0 saturated heterocycles. The van der Waals surface area contributed by atoms with Gasteiger partial charge in [0.2, 0.25) is 0 Å². The monoisotopic (exact) mass is 1320 g/mol. The van der Waals surface area contributed by atoms with E-state index in [1.165, 1.54) is 37.9 Å². The first kappa shape index (κ1) is 65.0. The van der Waals surface area contributed by atoms with Crippen molar-refractivity contribution in [2.24, 2.45) is 0 Å². The van der Waals surface area contributed by atoms with Crippen LogP contribution in [0.15, 0.2) is 123 Å². The number of terminal acetylenes is 1. The van der Waals surface area contributed by atoms with E-state index < -0.39 is 42.6 Å². The van der Waals surface area contributed by atoms with Crippen molar-refractivity contribution >= 4 is 126 Å². The summed E-state index contributed by atoms with van der Waals surface area (Å²) in [4.78, 5) is 7.51. The van der Waals surface area contributed by atoms with Gasteiger partial charge >= 0.3 is 167 Å². The minimum Gasteiger partial charge on any atom is -0.125 e. The maximum atomic E-state index is 5.72. The number of halogens is 3. The molecule has 0 bridgehead atoms. The summed E-state index contributed by atoms with van der Waals surface area (Å²) in [7, 11) is -4.87. The maximum absolute atomic E-state index is 5.72. The van der Waals surface area contributed by atoms with Gasteiger partial charge in [0.15, 0.2) is 0 Å². The molecule has 392 valence electrons. The molecule has 6 aromatic carbocycles. The number of hydrogen-bond acceptors (Lipinski definition) is 0. The van der Waals surface area contributed by atoms with Crippen molar-refractivity contribution in [2.75, 3.05) is 0 Å². The molecule has 6 rings (SSSR count). The summed E-state index contributed by atoms with van der Waals surface area (Å²) < 4.78 is 5.00. The Morgan fingerprint density at radius 2 is 0.616 bits per heavy atom. The Balaban J connectivity index is 0.000000271. The summed E-state index contributed by atoms with van der Waals surface area (Å²) in [6.45, 7) is 42.2. The van der Waals surface area contributed by atoms with Crippen LogP contribution >= 0.6 is 47.8 Å². The fourth-order valence-corrected chi connectivity index (χ4v) is 34.6. The zero-order chi connectivity index (χ0) is 55.4. The van der Waals surface area contributed by atoms with Crippen molar-refractivity contribution in [1.29, 1.82) is 0 Å². The van der Waals surface area contributed by atoms with Crippen LogP contribution in [0.1, 0.15) is 136 Å². The Hall–Kier alpha value is -2.33. The molecule has 6 aromatic rings. The van der Waals surface area contributed by atoms with Crippen LogP contribution in [0.25, 0.3) is 32.3 Å². The van der Waals surface area contributed by atoms with Gasteiger partial charge in [0.05, 0.1) is 0 Å². The standard InChI is InChI=1S/C21H27BrSi.C21H27Si.C11H22Si.C10H6Br2.3CH3.Sn/c1-15(2)23(16(3)4,17(5)6)14-13-19-10-7-9-18-11-8-12-20(22)21(18)19;1-16(2)22(17(3)4,18(5)6)15-14-20-12-9-11-19-10-7-8-13-21(19)20;1-8-12(9(2)3,10(4)5)11(6)7;11-8-5-1-3-7-4-2-6-9(12)10(7)8;;;;/h7-12,15-17H,1-6H3;7-12,16-18H,1-6H3;1,9-11H,2-7H3;1-6H;3*1H3;. The normalized spacial score (nSPS) is 12.2. The fraction of sp³-hybridized carbons (Fsp3) is 0.455. The summed E-state index contributed by atoms with van der Waals surface area (Å²) >= 11 is 8.52. The van der Waals surface area contributed by atoms with E-state index in [-0.39, 0.29) is 0 Å². The molecule has 0 N–H and O–H groups in total. The average Bonchev–Trinajstić information content (AvgIpc) is 3.29. The third kappa shape index (κ3) is 15.2. The summed E-state index contributed by atoms with van der Waals surface area (Å²) in [6.07, 6.45) is 5.72. The van der Waals surface area contributed by atoms with Gasteiger partial charge in [-0.3, -0.25) is 0 Å². The van der Waals surface area contributed by atoms with Crippen LogP contribution in [0.5, 0.6) is 0 Å². The van der Waals surface area contributed by atoms with E-state index in [0.717, 1.165) is 19.0 Å². The number of fused-ring (bicyclic) bond motifs is 3. The maximum Gasteiger partial charge on any atom is 0.146 e. The molecule has 0 spiro atoms. The van der Waals surface area contributed by atoms with Crippen molar-refractivity contribution in [1.82, 2.24) is 0 Å². The summed E-state index contributed by atoms with van der Waals surface area (Å²) in [6, 6.07) is 38.7. The van der Waals surface area contributed by atoms with Crippen molar-refractivity contribution in [2.45, 2.75) is 189 Å². The van der Waals surface area contributed by atoms with Crippen LogP contribution in [-0.4, -0.2) is 42.6 Å². The van der Waals surface area contributed by atoms with Gasteiger partial charge in [0, 0.05) is 29.8 Å². The van der Waals surface area contributed by atoms with Crippen molar-refractivity contribution in [3.05, 3.63) is 134 Å². The molecule has 0 atom stereocenters. The third-order valence-electron chi connectivity index (χ3n) is 16.0. The fourth-order valence-electron chi connectivity index (χ4n) is 12.4. The minimum atomic E-state index is -2.21. The molecular formula is C66H91Br3Si3Sn. The molecule has 7 heteroatoms. The molecular weight excluding hydrogens is 1240 g/mol. The molecule has 0 nitrogen and oxygen atoms in total. The first-order chi connectivity index (χ1) is 34.0. The Labute approximate surface area is 479 Å². The van der Waals surface area contributed by atoms with Gasteiger partial charge in [-0.05, 0) is 68.3 Å². The molecule has 0 unspecified atom stereocenters. The van der Waals surface area contributed by atoms with Gasteiger partial charge in [-0.15, -0.1) is 17.5 Å². The third-order valence-corrected chi connectivity index (χ3v) is 42.6. The molecule has 0 saturated carbocycles. The van der Waals surface area contributed by atoms with Crippen LogP contribution in [0.4, 0.5) is 0 Å². The van der Waals surface area contributed by atoms with E-state index in [0.29, 0.717) is 49.9 Å². The Kier molecular flexibility index (Phi) is 25.2. The summed E-state index contributed by atoms with van der Waals surface area (Å²) in [5, 5.41) is 7.76. The molecule has 0 fully saturated rings. The van der Waals surface area contributed by atoms with Crippen LogP contribution in [0, 0.1) is 34.9 Å². The van der Waals surface area contributed by atoms with E-state index in [2.05, 4.69) is 301 Å². The largest absolute Gasteiger partial charge is 0.146 e. The van der Waals surface area contributed by atoms with Gasteiger partial charge in [0.25, 0.3) is 0 Å². The molecule has 0 aliphatic carbocycles. The SMILES string of the molecule is Brc1cccc2cccc(Br)c12.C#C[Si](C(C)C)(C(C)C)C(C)C.CC(C)[Si](C#Cc1cccc2ccc[c]([Sn]([CH3])([CH3])[CH3])c12)(C(C)C)C(C)C.CC(C)[Si](C#Cc1cccc2cccc(Br)c12)(C(C)C)C(C)C. The predicted octanol–water partition coefficient (Wildman–Crippen LogP) is 22.3. The zero-order valence-corrected chi connectivity index (χ0v) is 59.4. The second-order valence-corrected chi connectivity index (χ2v) is 57.7. The van der Waals surface area contributed by atoms with Crippen molar-refractivity contribution < 1.29 is 0 Å². The van der Waals surface area contributed by atoms with Crippen LogP contribution in [-0.2, 0) is 0 Å². The first-order valence-corrected chi connectivity index (χ1v) is 46.1. The van der Waals surface area contributed by atoms with E-state index in [1.54, 1.807) is 3.58 Å². The van der Waals surface area contributed by atoms with E-state index in [1.807, 2.05) is 24.3 Å². The molecule has 73 heavy (non-hydrogen) atoms. The van der Waals surface area contributed by atoms with Gasteiger partial charge < -0.3 is 0 Å². The summed E-state index contributed by atoms with van der Waals surface area (Å²) in [5.41, 5.74) is 19.4. The Morgan fingerprint density at radius 3 is 0.890 bits per heavy atom. The van der Waals surface area contributed by atoms with Gasteiger partial charge in [0.1, 0.15) is 16.1 Å². The molecule has 0 radical (unpaired) electrons. The predicted molar refractivity (Wildman–Crippen MR) is 354 cm³/mol. The number of rotatable bonds is 10. The van der Waals surface area contributed by atoms with Gasteiger partial charge in [-0.2, -0.15) is 0 Å². The van der Waals surface area contributed by atoms with Crippen LogP contribution in [0.3, 0.4) is 0 Å². The minimum absolute atomic E-state index is 0.661. The van der Waals surface area contributed by atoms with Crippen molar-refractivity contribution in [3.63, 3.8) is 0 Å². The van der Waals surface area contributed by atoms with Gasteiger partial charge in [-0.25, -0.2) is 0 Å². The number of benzene rings is 6. The molecule has 0 aliphatic rings. The average molecular weight is 1330 g/mol. The summed E-state index contributed by atoms with van der Waals surface area (Å²) in [5.74, 6) is 7.33. The Bertz CT molecular complexity index is 2810. The van der Waals surface area contributed by atoms with E-state index in [4.69, 9.17) is 6.42 Å². The van der Waals surface area contributed by atoms with Crippen LogP contribution < -0.4 is 3.58 Å². The zero-order valence-electron chi connectivity index (χ0n) is 48.8. The van der Waals surface area contributed by atoms with E-state index in [9.17, 15) is 0 Å². The van der Waals surface area contributed by atoms with Crippen LogP contribution in [0.2, 0.25) is 64.7 Å². The molecule has 0 heterocycles. The Morgan fingerprint density at radius 1 is 0.356 bits per heavy atom. The number of hydrogen-bond donors (Lipinski definition) is 0. The second-order valence-electron chi connectivity index (χ2n) is 24.0. The molecule has 0 aromatic heterocycles. The molecule has 0 amide bonds.